The number of halogens is 2. The van der Waals surface area contributed by atoms with Crippen molar-refractivity contribution in [1.82, 2.24) is 0 Å². The molecule has 4 rings (SSSR count). The van der Waals surface area contributed by atoms with Crippen molar-refractivity contribution >= 4 is 0 Å². The van der Waals surface area contributed by atoms with Gasteiger partial charge in [0.15, 0.2) is 0 Å². The highest BCUT2D eigenvalue weighted by Gasteiger charge is 2.19. The molecule has 0 N–H and O–H groups in total. The molecule has 31 heavy (non-hydrogen) atoms. The van der Waals surface area contributed by atoms with Crippen LogP contribution in [-0.4, -0.2) is 7.18 Å². The Morgan fingerprint density at radius 1 is 0.806 bits per heavy atom. The molecular formula is C29H32F2. The third-order valence-corrected chi connectivity index (χ3v) is 6.35. The second-order valence-electron chi connectivity index (χ2n) is 8.46. The molecule has 0 heterocycles. The fourth-order valence-corrected chi connectivity index (χ4v) is 4.46. The number of hydrogen-bond acceptors (Lipinski definition) is 0. The van der Waals surface area contributed by atoms with Crippen LogP contribution in [0.4, 0.5) is 8.78 Å². The lowest BCUT2D eigenvalue weighted by Crippen LogP contribution is -2.10. The first-order chi connectivity index (χ1) is 15.1. The topological polar surface area (TPSA) is 0 Å². The standard InChI is InChI=1S/C28H29F.CH3F/c1-3-4-21-7-11-25(12-8-21)27-18-17-26(19-28(27)29)24-15-13-23(14-16-24)22-9-5-20(2)6-10-22;1-2/h3,7-8,11-20,22H,1,4-6,9-10H2,2H3;1H3. The summed E-state index contributed by atoms with van der Waals surface area (Å²) >= 11 is 0. The van der Waals surface area contributed by atoms with Gasteiger partial charge in [0.1, 0.15) is 5.82 Å². The van der Waals surface area contributed by atoms with Crippen LogP contribution in [0.2, 0.25) is 0 Å². The minimum atomic E-state index is -0.177. The maximum atomic E-state index is 14.9. The molecule has 0 bridgehead atoms. The Bertz CT molecular complexity index is 963. The molecule has 1 saturated carbocycles. The van der Waals surface area contributed by atoms with E-state index in [0.29, 0.717) is 18.7 Å². The van der Waals surface area contributed by atoms with Crippen LogP contribution in [0.1, 0.15) is 49.7 Å². The van der Waals surface area contributed by atoms with E-state index in [0.717, 1.165) is 29.0 Å². The first-order valence-electron chi connectivity index (χ1n) is 11.1. The van der Waals surface area contributed by atoms with Crippen molar-refractivity contribution < 1.29 is 8.78 Å². The summed E-state index contributed by atoms with van der Waals surface area (Å²) in [5, 5.41) is 0. The van der Waals surface area contributed by atoms with Crippen LogP contribution >= 0.6 is 0 Å². The van der Waals surface area contributed by atoms with Gasteiger partial charge < -0.3 is 0 Å². The van der Waals surface area contributed by atoms with E-state index >= 15 is 0 Å². The lowest BCUT2D eigenvalue weighted by Gasteiger charge is -2.26. The molecule has 3 aromatic rings. The predicted molar refractivity (Wildman–Crippen MR) is 129 cm³/mol. The van der Waals surface area contributed by atoms with Crippen LogP contribution in [0.15, 0.2) is 79.4 Å². The van der Waals surface area contributed by atoms with E-state index in [1.807, 2.05) is 42.5 Å². The lowest BCUT2D eigenvalue weighted by atomic mass is 9.79. The highest BCUT2D eigenvalue weighted by molar-refractivity contribution is 5.71. The Morgan fingerprint density at radius 2 is 1.39 bits per heavy atom. The van der Waals surface area contributed by atoms with Gasteiger partial charge in [0, 0.05) is 5.56 Å². The Hall–Kier alpha value is -2.74. The van der Waals surface area contributed by atoms with Gasteiger partial charge >= 0.3 is 0 Å². The number of hydrogen-bond donors (Lipinski definition) is 0. The molecule has 0 nitrogen and oxygen atoms in total. The Labute approximate surface area is 185 Å². The molecule has 0 aromatic heterocycles. The van der Waals surface area contributed by atoms with Crippen LogP contribution in [0.3, 0.4) is 0 Å². The zero-order valence-corrected chi connectivity index (χ0v) is 18.6. The molecule has 1 aliphatic carbocycles. The van der Waals surface area contributed by atoms with E-state index in [2.05, 4.69) is 37.8 Å². The summed E-state index contributed by atoms with van der Waals surface area (Å²) in [5.74, 6) is 1.37. The highest BCUT2D eigenvalue weighted by Crippen LogP contribution is 2.36. The van der Waals surface area contributed by atoms with Crippen molar-refractivity contribution in [2.75, 3.05) is 7.18 Å². The average Bonchev–Trinajstić information content (AvgIpc) is 2.82. The molecule has 3 aromatic carbocycles. The van der Waals surface area contributed by atoms with Crippen molar-refractivity contribution in [3.05, 3.63) is 96.3 Å². The van der Waals surface area contributed by atoms with Gasteiger partial charge in [-0.25, -0.2) is 4.39 Å². The number of allylic oxidation sites excluding steroid dienone is 1. The van der Waals surface area contributed by atoms with Crippen LogP contribution in [0.25, 0.3) is 22.3 Å². The van der Waals surface area contributed by atoms with E-state index in [9.17, 15) is 8.78 Å². The highest BCUT2D eigenvalue weighted by atomic mass is 19.1. The number of rotatable bonds is 5. The van der Waals surface area contributed by atoms with Crippen molar-refractivity contribution in [3.8, 4) is 22.3 Å². The summed E-state index contributed by atoms with van der Waals surface area (Å²) in [5.41, 5.74) is 6.17. The zero-order valence-electron chi connectivity index (χ0n) is 18.6. The first-order valence-corrected chi connectivity index (χ1v) is 11.1. The first kappa shape index (κ1) is 22.9. The molecule has 0 aliphatic heterocycles. The maximum absolute atomic E-state index is 14.9. The van der Waals surface area contributed by atoms with Gasteiger partial charge in [-0.1, -0.05) is 86.5 Å². The molecular weight excluding hydrogens is 386 g/mol. The van der Waals surface area contributed by atoms with Crippen molar-refractivity contribution in [2.24, 2.45) is 5.92 Å². The summed E-state index contributed by atoms with van der Waals surface area (Å²) < 4.78 is 24.4. The fraction of sp³-hybridized carbons (Fsp3) is 0.310. The van der Waals surface area contributed by atoms with Gasteiger partial charge in [0.25, 0.3) is 0 Å². The zero-order chi connectivity index (χ0) is 22.2. The summed E-state index contributed by atoms with van der Waals surface area (Å²) in [6.45, 7) is 6.12. The lowest BCUT2D eigenvalue weighted by molar-refractivity contribution is 0.348. The average molecular weight is 419 g/mol. The minimum absolute atomic E-state index is 0.177. The summed E-state index contributed by atoms with van der Waals surface area (Å²) in [7, 11) is 0.500. The molecule has 0 unspecified atom stereocenters. The molecule has 162 valence electrons. The number of benzene rings is 3. The third-order valence-electron chi connectivity index (χ3n) is 6.35. The van der Waals surface area contributed by atoms with Crippen molar-refractivity contribution in [3.63, 3.8) is 0 Å². The van der Waals surface area contributed by atoms with E-state index < -0.39 is 0 Å². The second-order valence-corrected chi connectivity index (χ2v) is 8.46. The van der Waals surface area contributed by atoms with Crippen LogP contribution in [0.5, 0.6) is 0 Å². The Kier molecular flexibility index (Phi) is 8.17. The summed E-state index contributed by atoms with van der Waals surface area (Å²) in [6, 6.07) is 22.4. The molecule has 2 heteroatoms. The number of alkyl halides is 1. The van der Waals surface area contributed by atoms with Crippen LogP contribution in [-0.2, 0) is 6.42 Å². The largest absolute Gasteiger partial charge is 0.255 e. The molecule has 0 amide bonds. The summed E-state index contributed by atoms with van der Waals surface area (Å²) in [6.07, 6.45) is 7.94. The van der Waals surface area contributed by atoms with Crippen molar-refractivity contribution in [1.29, 1.82) is 0 Å². The predicted octanol–water partition coefficient (Wildman–Crippen LogP) is 8.77. The molecule has 0 atom stereocenters. The molecule has 1 aliphatic rings. The van der Waals surface area contributed by atoms with E-state index in [4.69, 9.17) is 0 Å². The van der Waals surface area contributed by atoms with E-state index in [1.165, 1.54) is 36.8 Å². The Morgan fingerprint density at radius 3 is 1.97 bits per heavy atom. The van der Waals surface area contributed by atoms with Crippen LogP contribution < -0.4 is 0 Å². The Balaban J connectivity index is 0.00000132. The quantitative estimate of drug-likeness (QED) is 0.363. The molecule has 0 radical (unpaired) electrons. The third kappa shape index (κ3) is 5.70. The fourth-order valence-electron chi connectivity index (χ4n) is 4.46. The van der Waals surface area contributed by atoms with Gasteiger partial charge in [0.05, 0.1) is 7.18 Å². The minimum Gasteiger partial charge on any atom is -0.255 e. The molecule has 1 fully saturated rings. The summed E-state index contributed by atoms with van der Waals surface area (Å²) in [4.78, 5) is 0. The normalized spacial score (nSPS) is 18.1. The van der Waals surface area contributed by atoms with Gasteiger partial charge in [-0.2, -0.15) is 0 Å². The van der Waals surface area contributed by atoms with E-state index in [1.54, 1.807) is 6.07 Å². The smallest absolute Gasteiger partial charge is 0.131 e. The molecule has 0 spiro atoms. The maximum Gasteiger partial charge on any atom is 0.131 e. The molecule has 0 saturated heterocycles. The second kappa shape index (κ2) is 11.0. The van der Waals surface area contributed by atoms with Gasteiger partial charge in [-0.15, -0.1) is 6.58 Å². The van der Waals surface area contributed by atoms with Gasteiger partial charge in [0.2, 0.25) is 0 Å². The van der Waals surface area contributed by atoms with Gasteiger partial charge in [-0.05, 0) is 65.0 Å². The van der Waals surface area contributed by atoms with E-state index in [-0.39, 0.29) is 5.82 Å². The van der Waals surface area contributed by atoms with Gasteiger partial charge in [-0.3, -0.25) is 4.39 Å². The monoisotopic (exact) mass is 418 g/mol. The van der Waals surface area contributed by atoms with Crippen LogP contribution in [0, 0.1) is 11.7 Å². The van der Waals surface area contributed by atoms with Crippen molar-refractivity contribution in [2.45, 2.75) is 44.9 Å². The SMILES string of the molecule is C=CCc1ccc(-c2ccc(-c3ccc(C4CCC(C)CC4)cc3)cc2F)cc1.CF.